The van der Waals surface area contributed by atoms with Crippen molar-refractivity contribution in [2.45, 2.75) is 18.6 Å². The number of aromatic nitrogens is 2. The molecule has 1 saturated heterocycles. The molecule has 2 aliphatic rings. The zero-order chi connectivity index (χ0) is 18.4. The van der Waals surface area contributed by atoms with Crippen LogP contribution in [0.15, 0.2) is 65.7 Å². The van der Waals surface area contributed by atoms with Crippen molar-refractivity contribution in [3.8, 4) is 0 Å². The van der Waals surface area contributed by atoms with Crippen molar-refractivity contribution in [2.75, 3.05) is 13.1 Å². The lowest BCUT2D eigenvalue weighted by molar-refractivity contribution is 0.0549. The van der Waals surface area contributed by atoms with Crippen molar-refractivity contribution >= 4 is 11.8 Å². The molecular weight excluding hydrogens is 344 g/mol. The van der Waals surface area contributed by atoms with E-state index in [-0.39, 0.29) is 23.9 Å². The molecule has 0 aliphatic carbocycles. The van der Waals surface area contributed by atoms with Crippen LogP contribution in [-0.2, 0) is 6.54 Å². The molecule has 1 fully saturated rings. The maximum Gasteiger partial charge on any atom is 0.289 e. The molecule has 3 aromatic rings. The van der Waals surface area contributed by atoms with Gasteiger partial charge < -0.3 is 18.8 Å². The Hall–Kier alpha value is -3.35. The topological polar surface area (TPSA) is 71.6 Å². The maximum absolute atomic E-state index is 13.1. The van der Waals surface area contributed by atoms with E-state index in [1.54, 1.807) is 29.4 Å². The lowest BCUT2D eigenvalue weighted by Crippen LogP contribution is -2.49. The number of carbonyl (C=O) groups is 2. The molecule has 0 aromatic carbocycles. The van der Waals surface area contributed by atoms with Crippen LogP contribution in [0.1, 0.15) is 32.6 Å². The van der Waals surface area contributed by atoms with Crippen LogP contribution >= 0.6 is 0 Å². The molecule has 7 nitrogen and oxygen atoms in total. The van der Waals surface area contributed by atoms with E-state index in [0.29, 0.717) is 31.1 Å². The molecule has 5 rings (SSSR count). The molecule has 136 valence electrons. The zero-order valence-electron chi connectivity index (χ0n) is 14.6. The first-order valence-electron chi connectivity index (χ1n) is 8.92. The lowest BCUT2D eigenvalue weighted by atomic mass is 10.0. The number of amides is 2. The summed E-state index contributed by atoms with van der Waals surface area (Å²) < 4.78 is 7.27. The van der Waals surface area contributed by atoms with Crippen LogP contribution in [0.25, 0.3) is 0 Å². The standard InChI is InChI=1S/C20H18N4O3/c25-19-15-5-2-8-23(15)16-12-22(20(26)18-6-3-9-27-18)13-17(16)24(19)11-14-4-1-7-21-10-14/h1-10,16-17H,11-13H2/t16-,17+/m0/s1. The summed E-state index contributed by atoms with van der Waals surface area (Å²) in [7, 11) is 0. The maximum atomic E-state index is 13.1. The average molecular weight is 362 g/mol. The van der Waals surface area contributed by atoms with Crippen molar-refractivity contribution in [1.29, 1.82) is 0 Å². The number of hydrogen-bond donors (Lipinski definition) is 0. The number of carbonyl (C=O) groups excluding carboxylic acids is 2. The van der Waals surface area contributed by atoms with Gasteiger partial charge in [-0.05, 0) is 35.9 Å². The summed E-state index contributed by atoms with van der Waals surface area (Å²) in [5.41, 5.74) is 1.63. The largest absolute Gasteiger partial charge is 0.459 e. The molecule has 0 N–H and O–H groups in total. The minimum Gasteiger partial charge on any atom is -0.459 e. The van der Waals surface area contributed by atoms with Crippen molar-refractivity contribution in [3.63, 3.8) is 0 Å². The number of fused-ring (bicyclic) bond motifs is 3. The first kappa shape index (κ1) is 15.9. The highest BCUT2D eigenvalue weighted by atomic mass is 16.3. The van der Waals surface area contributed by atoms with Crippen LogP contribution in [-0.4, -0.2) is 50.3 Å². The molecule has 2 atom stereocenters. The van der Waals surface area contributed by atoms with Gasteiger partial charge in [0.2, 0.25) is 0 Å². The molecule has 7 heteroatoms. The molecular formula is C20H18N4O3. The van der Waals surface area contributed by atoms with Gasteiger partial charge in [-0.25, -0.2) is 0 Å². The molecule has 0 radical (unpaired) electrons. The fraction of sp³-hybridized carbons (Fsp3) is 0.250. The summed E-state index contributed by atoms with van der Waals surface area (Å²) in [5.74, 6) is 0.167. The number of pyridine rings is 1. The Balaban J connectivity index is 1.48. The second-order valence-corrected chi connectivity index (χ2v) is 6.92. The number of hydrogen-bond acceptors (Lipinski definition) is 4. The van der Waals surface area contributed by atoms with Crippen LogP contribution in [0.2, 0.25) is 0 Å². The van der Waals surface area contributed by atoms with Crippen LogP contribution in [0.4, 0.5) is 0 Å². The highest BCUT2D eigenvalue weighted by Gasteiger charge is 2.46. The predicted molar refractivity (Wildman–Crippen MR) is 96.0 cm³/mol. The summed E-state index contributed by atoms with van der Waals surface area (Å²) >= 11 is 0. The van der Waals surface area contributed by atoms with Crippen LogP contribution in [0, 0.1) is 0 Å². The number of nitrogens with zero attached hydrogens (tertiary/aromatic N) is 4. The third-order valence-electron chi connectivity index (χ3n) is 5.37. The van der Waals surface area contributed by atoms with Gasteiger partial charge in [0.1, 0.15) is 5.69 Å². The van der Waals surface area contributed by atoms with E-state index in [1.807, 2.05) is 39.9 Å². The van der Waals surface area contributed by atoms with E-state index in [9.17, 15) is 9.59 Å². The number of rotatable bonds is 3. The Labute approximate surface area is 155 Å². The van der Waals surface area contributed by atoms with E-state index in [1.165, 1.54) is 6.26 Å². The highest BCUT2D eigenvalue weighted by molar-refractivity contribution is 5.95. The molecule has 2 amide bonds. The molecule has 2 aliphatic heterocycles. The van der Waals surface area contributed by atoms with E-state index in [4.69, 9.17) is 4.42 Å². The van der Waals surface area contributed by atoms with Gasteiger partial charge in [0.25, 0.3) is 11.8 Å². The van der Waals surface area contributed by atoms with Gasteiger partial charge in [-0.15, -0.1) is 0 Å². The van der Waals surface area contributed by atoms with Gasteiger partial charge in [0, 0.05) is 38.2 Å². The van der Waals surface area contributed by atoms with Gasteiger partial charge in [0.05, 0.1) is 18.3 Å². The smallest absolute Gasteiger partial charge is 0.289 e. The molecule has 0 bridgehead atoms. The fourth-order valence-corrected chi connectivity index (χ4v) is 4.11. The Morgan fingerprint density at radius 1 is 1.15 bits per heavy atom. The van der Waals surface area contributed by atoms with Crippen LogP contribution < -0.4 is 0 Å². The molecule has 3 aromatic heterocycles. The van der Waals surface area contributed by atoms with Gasteiger partial charge in [-0.3, -0.25) is 14.6 Å². The Kier molecular flexibility index (Phi) is 3.60. The second-order valence-electron chi connectivity index (χ2n) is 6.92. The Morgan fingerprint density at radius 2 is 2.04 bits per heavy atom. The first-order valence-corrected chi connectivity index (χ1v) is 8.92. The minimum atomic E-state index is -0.142. The third-order valence-corrected chi connectivity index (χ3v) is 5.37. The monoisotopic (exact) mass is 362 g/mol. The SMILES string of the molecule is O=C(c1ccco1)N1C[C@@H]2[C@H](C1)n1cccc1C(=O)N2Cc1cccnc1. The quantitative estimate of drug-likeness (QED) is 0.716. The van der Waals surface area contributed by atoms with E-state index >= 15 is 0 Å². The van der Waals surface area contributed by atoms with Gasteiger partial charge in [0.15, 0.2) is 5.76 Å². The fourth-order valence-electron chi connectivity index (χ4n) is 4.11. The Bertz CT molecular complexity index is 980. The minimum absolute atomic E-state index is 0.0163. The second kappa shape index (κ2) is 6.12. The van der Waals surface area contributed by atoms with E-state index < -0.39 is 0 Å². The van der Waals surface area contributed by atoms with Gasteiger partial charge in [-0.2, -0.15) is 0 Å². The lowest BCUT2D eigenvalue weighted by Gasteiger charge is -2.38. The van der Waals surface area contributed by atoms with Crippen molar-refractivity contribution in [3.05, 3.63) is 78.3 Å². The predicted octanol–water partition coefficient (Wildman–Crippen LogP) is 2.20. The Morgan fingerprint density at radius 3 is 2.81 bits per heavy atom. The summed E-state index contributed by atoms with van der Waals surface area (Å²) in [5, 5.41) is 0. The summed E-state index contributed by atoms with van der Waals surface area (Å²) in [6.07, 6.45) is 6.91. The third kappa shape index (κ3) is 2.54. The highest BCUT2D eigenvalue weighted by Crippen LogP contribution is 2.35. The van der Waals surface area contributed by atoms with Crippen LogP contribution in [0.5, 0.6) is 0 Å². The summed E-state index contributed by atoms with van der Waals surface area (Å²) in [6, 6.07) is 10.9. The van der Waals surface area contributed by atoms with Crippen molar-refractivity contribution < 1.29 is 14.0 Å². The molecule has 0 unspecified atom stereocenters. The number of likely N-dealkylation sites (tertiary alicyclic amines) is 1. The van der Waals surface area contributed by atoms with Gasteiger partial charge >= 0.3 is 0 Å². The number of furan rings is 1. The van der Waals surface area contributed by atoms with Crippen LogP contribution in [0.3, 0.4) is 0 Å². The van der Waals surface area contributed by atoms with Crippen molar-refractivity contribution in [2.24, 2.45) is 0 Å². The molecule has 5 heterocycles. The summed E-state index contributed by atoms with van der Waals surface area (Å²) in [6.45, 7) is 1.50. The first-order chi connectivity index (χ1) is 13.2. The van der Waals surface area contributed by atoms with Gasteiger partial charge in [-0.1, -0.05) is 6.07 Å². The van der Waals surface area contributed by atoms with E-state index in [0.717, 1.165) is 5.56 Å². The zero-order valence-corrected chi connectivity index (χ0v) is 14.6. The van der Waals surface area contributed by atoms with Crippen molar-refractivity contribution in [1.82, 2.24) is 19.4 Å². The molecule has 27 heavy (non-hydrogen) atoms. The molecule has 0 spiro atoms. The summed E-state index contributed by atoms with van der Waals surface area (Å²) in [4.78, 5) is 33.6. The molecule has 0 saturated carbocycles. The average Bonchev–Trinajstić information content (AvgIpc) is 3.45. The van der Waals surface area contributed by atoms with E-state index in [2.05, 4.69) is 4.98 Å². The normalized spacial score (nSPS) is 21.3.